The molecule has 2 rings (SSSR count). The van der Waals surface area contributed by atoms with E-state index >= 15 is 0 Å². The molecule has 0 fully saturated rings. The van der Waals surface area contributed by atoms with Crippen molar-refractivity contribution in [1.82, 2.24) is 4.90 Å². The molecule has 29 heavy (non-hydrogen) atoms. The SMILES string of the molecule is CCOc1ccccc1NC(=O)C(C)N(CC)CC(=O)Nc1c(F)cccc1F. The van der Waals surface area contributed by atoms with Crippen LogP contribution in [0.25, 0.3) is 0 Å². The Labute approximate surface area is 168 Å². The molecule has 0 aliphatic rings. The molecule has 1 atom stereocenters. The van der Waals surface area contributed by atoms with Gasteiger partial charge in [-0.25, -0.2) is 8.78 Å². The second-order valence-corrected chi connectivity index (χ2v) is 6.30. The minimum atomic E-state index is -0.861. The van der Waals surface area contributed by atoms with Gasteiger partial charge in [-0.1, -0.05) is 25.1 Å². The molecule has 0 radical (unpaired) electrons. The van der Waals surface area contributed by atoms with E-state index in [0.29, 0.717) is 24.6 Å². The van der Waals surface area contributed by atoms with Crippen molar-refractivity contribution < 1.29 is 23.1 Å². The molecule has 8 heteroatoms. The molecule has 156 valence electrons. The van der Waals surface area contributed by atoms with Gasteiger partial charge in [0.05, 0.1) is 24.9 Å². The Bertz CT molecular complexity index is 841. The van der Waals surface area contributed by atoms with E-state index < -0.39 is 29.3 Å². The summed E-state index contributed by atoms with van der Waals surface area (Å²) in [7, 11) is 0. The van der Waals surface area contributed by atoms with E-state index in [1.165, 1.54) is 6.07 Å². The molecule has 0 aromatic heterocycles. The minimum absolute atomic E-state index is 0.202. The quantitative estimate of drug-likeness (QED) is 0.668. The maximum Gasteiger partial charge on any atom is 0.241 e. The molecule has 2 amide bonds. The summed E-state index contributed by atoms with van der Waals surface area (Å²) in [6.45, 7) is 5.92. The number of para-hydroxylation sites is 3. The number of carbonyl (C=O) groups excluding carboxylic acids is 2. The third-order valence-corrected chi connectivity index (χ3v) is 4.35. The van der Waals surface area contributed by atoms with Crippen molar-refractivity contribution in [2.75, 3.05) is 30.3 Å². The summed E-state index contributed by atoms with van der Waals surface area (Å²) in [5.74, 6) is -2.13. The number of hydrogen-bond acceptors (Lipinski definition) is 4. The number of likely N-dealkylation sites (N-methyl/N-ethyl adjacent to an activating group) is 1. The first-order valence-electron chi connectivity index (χ1n) is 9.37. The molecule has 0 saturated carbocycles. The number of benzene rings is 2. The Kier molecular flexibility index (Phi) is 8.09. The van der Waals surface area contributed by atoms with Gasteiger partial charge in [0.25, 0.3) is 0 Å². The molecule has 6 nitrogen and oxygen atoms in total. The Morgan fingerprint density at radius 1 is 1.03 bits per heavy atom. The first-order valence-corrected chi connectivity index (χ1v) is 9.37. The zero-order valence-electron chi connectivity index (χ0n) is 16.7. The zero-order chi connectivity index (χ0) is 21.4. The van der Waals surface area contributed by atoms with Crippen molar-refractivity contribution in [3.05, 3.63) is 54.1 Å². The standard InChI is InChI=1S/C21H25F2N3O3/c1-4-26(13-19(27)25-20-15(22)9-8-10-16(20)23)14(3)21(28)24-17-11-6-7-12-18(17)29-5-2/h6-12,14H,4-5,13H2,1-3H3,(H,24,28)(H,25,27). The number of amides is 2. The molecular formula is C21H25F2N3O3. The van der Waals surface area contributed by atoms with Crippen molar-refractivity contribution >= 4 is 23.2 Å². The maximum absolute atomic E-state index is 13.7. The van der Waals surface area contributed by atoms with Crippen LogP contribution >= 0.6 is 0 Å². The van der Waals surface area contributed by atoms with Gasteiger partial charge in [0.15, 0.2) is 0 Å². The fourth-order valence-corrected chi connectivity index (χ4v) is 2.76. The highest BCUT2D eigenvalue weighted by Crippen LogP contribution is 2.24. The number of ether oxygens (including phenoxy) is 1. The Morgan fingerprint density at radius 3 is 2.31 bits per heavy atom. The normalized spacial score (nSPS) is 11.8. The van der Waals surface area contributed by atoms with E-state index in [0.717, 1.165) is 12.1 Å². The summed E-state index contributed by atoms with van der Waals surface area (Å²) < 4.78 is 32.9. The van der Waals surface area contributed by atoms with Crippen molar-refractivity contribution in [3.8, 4) is 5.75 Å². The predicted molar refractivity (Wildman–Crippen MR) is 108 cm³/mol. The molecule has 0 bridgehead atoms. The summed E-state index contributed by atoms with van der Waals surface area (Å²) in [5, 5.41) is 5.02. The zero-order valence-corrected chi connectivity index (χ0v) is 16.7. The van der Waals surface area contributed by atoms with Gasteiger partial charge < -0.3 is 15.4 Å². The number of anilines is 2. The molecule has 0 spiro atoms. The van der Waals surface area contributed by atoms with Gasteiger partial charge in [-0.2, -0.15) is 0 Å². The van der Waals surface area contributed by atoms with Crippen LogP contribution in [0.2, 0.25) is 0 Å². The highest BCUT2D eigenvalue weighted by atomic mass is 19.1. The van der Waals surface area contributed by atoms with Crippen LogP contribution in [0.4, 0.5) is 20.2 Å². The molecule has 2 aromatic rings. The second-order valence-electron chi connectivity index (χ2n) is 6.30. The number of nitrogens with zero attached hydrogens (tertiary/aromatic N) is 1. The van der Waals surface area contributed by atoms with Crippen LogP contribution in [-0.2, 0) is 9.59 Å². The largest absolute Gasteiger partial charge is 0.492 e. The van der Waals surface area contributed by atoms with Crippen LogP contribution in [0, 0.1) is 11.6 Å². The van der Waals surface area contributed by atoms with Crippen LogP contribution < -0.4 is 15.4 Å². The summed E-state index contributed by atoms with van der Waals surface area (Å²) in [4.78, 5) is 26.5. The van der Waals surface area contributed by atoms with Crippen molar-refractivity contribution in [3.63, 3.8) is 0 Å². The van der Waals surface area contributed by atoms with Crippen LogP contribution in [0.3, 0.4) is 0 Å². The van der Waals surface area contributed by atoms with E-state index in [1.54, 1.807) is 43.0 Å². The Morgan fingerprint density at radius 2 is 1.69 bits per heavy atom. The van der Waals surface area contributed by atoms with Crippen molar-refractivity contribution in [1.29, 1.82) is 0 Å². The molecule has 2 N–H and O–H groups in total. The monoisotopic (exact) mass is 405 g/mol. The van der Waals surface area contributed by atoms with Crippen LogP contribution in [0.1, 0.15) is 20.8 Å². The first kappa shape index (κ1) is 22.3. The fourth-order valence-electron chi connectivity index (χ4n) is 2.76. The van der Waals surface area contributed by atoms with E-state index in [2.05, 4.69) is 10.6 Å². The smallest absolute Gasteiger partial charge is 0.241 e. The summed E-state index contributed by atoms with van der Waals surface area (Å²) >= 11 is 0. The molecule has 2 aromatic carbocycles. The van der Waals surface area contributed by atoms with Crippen molar-refractivity contribution in [2.45, 2.75) is 26.8 Å². The average Bonchev–Trinajstić information content (AvgIpc) is 2.70. The van der Waals surface area contributed by atoms with Gasteiger partial charge in [0, 0.05) is 0 Å². The first-order chi connectivity index (χ1) is 13.9. The highest BCUT2D eigenvalue weighted by Gasteiger charge is 2.24. The number of carbonyl (C=O) groups is 2. The molecule has 0 aliphatic heterocycles. The lowest BCUT2D eigenvalue weighted by atomic mass is 10.2. The molecule has 0 aliphatic carbocycles. The molecule has 0 saturated heterocycles. The van der Waals surface area contributed by atoms with E-state index in [-0.39, 0.29) is 12.5 Å². The van der Waals surface area contributed by atoms with E-state index in [4.69, 9.17) is 4.74 Å². The third kappa shape index (κ3) is 5.99. The van der Waals surface area contributed by atoms with E-state index in [1.807, 2.05) is 6.92 Å². The van der Waals surface area contributed by atoms with Crippen LogP contribution in [0.5, 0.6) is 5.75 Å². The third-order valence-electron chi connectivity index (χ3n) is 4.35. The lowest BCUT2D eigenvalue weighted by Gasteiger charge is -2.26. The molecule has 0 heterocycles. The van der Waals surface area contributed by atoms with Gasteiger partial charge in [-0.3, -0.25) is 14.5 Å². The molecular weight excluding hydrogens is 380 g/mol. The lowest BCUT2D eigenvalue weighted by molar-refractivity contribution is -0.123. The van der Waals surface area contributed by atoms with Gasteiger partial charge in [0.2, 0.25) is 11.8 Å². The second kappa shape index (κ2) is 10.5. The topological polar surface area (TPSA) is 70.7 Å². The average molecular weight is 405 g/mol. The van der Waals surface area contributed by atoms with Crippen LogP contribution in [0.15, 0.2) is 42.5 Å². The van der Waals surface area contributed by atoms with Gasteiger partial charge >= 0.3 is 0 Å². The number of halogens is 2. The fraction of sp³-hybridized carbons (Fsp3) is 0.333. The summed E-state index contributed by atoms with van der Waals surface area (Å²) in [5.41, 5.74) is 0.0245. The van der Waals surface area contributed by atoms with Crippen LogP contribution in [-0.4, -0.2) is 42.5 Å². The Hall–Kier alpha value is -3.00. The van der Waals surface area contributed by atoms with Gasteiger partial charge in [0.1, 0.15) is 23.1 Å². The number of rotatable bonds is 9. The van der Waals surface area contributed by atoms with Gasteiger partial charge in [-0.05, 0) is 44.7 Å². The Balaban J connectivity index is 2.03. The number of hydrogen-bond donors (Lipinski definition) is 2. The van der Waals surface area contributed by atoms with Crippen molar-refractivity contribution in [2.24, 2.45) is 0 Å². The van der Waals surface area contributed by atoms with Gasteiger partial charge in [-0.15, -0.1) is 0 Å². The minimum Gasteiger partial charge on any atom is -0.492 e. The van der Waals surface area contributed by atoms with E-state index in [9.17, 15) is 18.4 Å². The predicted octanol–water partition coefficient (Wildman–Crippen LogP) is 3.65. The maximum atomic E-state index is 13.7. The lowest BCUT2D eigenvalue weighted by Crippen LogP contribution is -2.45. The summed E-state index contributed by atoms with van der Waals surface area (Å²) in [6.07, 6.45) is 0. The summed E-state index contributed by atoms with van der Waals surface area (Å²) in [6, 6.07) is 9.71. The molecule has 1 unspecified atom stereocenters. The highest BCUT2D eigenvalue weighted by molar-refractivity contribution is 5.97. The number of nitrogens with one attached hydrogen (secondary N) is 2.